The fraction of sp³-hybridized carbons (Fsp3) is 0. The van der Waals surface area contributed by atoms with Crippen molar-refractivity contribution in [2.75, 3.05) is 0 Å². The molecule has 0 atom stereocenters. The third-order valence-corrected chi connectivity index (χ3v) is 9.04. The smallest absolute Gasteiger partial charge is 0.143 e. The average molecular weight is 588 g/mol. The molecule has 9 rings (SSSR count). The Kier molecular flexibility index (Phi) is 6.17. The van der Waals surface area contributed by atoms with Crippen LogP contribution in [0, 0.1) is 0 Å². The van der Waals surface area contributed by atoms with E-state index < -0.39 is 0 Å². The number of aromatic nitrogens is 1. The first-order valence-corrected chi connectivity index (χ1v) is 15.7. The Hall–Kier alpha value is -6.12. The van der Waals surface area contributed by atoms with E-state index >= 15 is 0 Å². The van der Waals surface area contributed by atoms with Gasteiger partial charge in [0.25, 0.3) is 0 Å². The zero-order valence-corrected chi connectivity index (χ0v) is 25.1. The number of rotatable bonds is 5. The van der Waals surface area contributed by atoms with Crippen LogP contribution in [0.5, 0.6) is 0 Å². The van der Waals surface area contributed by atoms with Crippen molar-refractivity contribution in [2.45, 2.75) is 0 Å². The fourth-order valence-corrected chi connectivity index (χ4v) is 7.05. The van der Waals surface area contributed by atoms with Crippen LogP contribution in [-0.4, -0.2) is 4.57 Å². The molecule has 0 aliphatic rings. The van der Waals surface area contributed by atoms with E-state index in [9.17, 15) is 0 Å². The maximum Gasteiger partial charge on any atom is 0.143 e. The normalized spacial score (nSPS) is 11.5. The summed E-state index contributed by atoms with van der Waals surface area (Å²) in [5.41, 5.74) is 10.3. The molecule has 0 radical (unpaired) electrons. The van der Waals surface area contributed by atoms with Crippen LogP contribution in [0.2, 0.25) is 0 Å². The summed E-state index contributed by atoms with van der Waals surface area (Å²) < 4.78 is 9.48. The summed E-state index contributed by atoms with van der Waals surface area (Å²) in [6.45, 7) is 0. The van der Waals surface area contributed by atoms with E-state index in [1.807, 2.05) is 0 Å². The van der Waals surface area contributed by atoms with E-state index in [2.05, 4.69) is 180 Å². The molecule has 0 aliphatic carbocycles. The van der Waals surface area contributed by atoms with Crippen molar-refractivity contribution in [1.29, 1.82) is 0 Å². The quantitative estimate of drug-likeness (QED) is 0.196. The summed E-state index contributed by atoms with van der Waals surface area (Å²) in [6, 6.07) is 62.3. The molecular weight excluding hydrogens is 558 g/mol. The van der Waals surface area contributed by atoms with Crippen molar-refractivity contribution in [3.8, 4) is 50.6 Å². The van der Waals surface area contributed by atoms with E-state index in [0.29, 0.717) is 0 Å². The standard InChI is InChI=1S/C44H29NO/c1-4-16-30(17-5-1)33-22-10-11-23-34(33)43-35-24-12-13-25-36(35)44(46-43)38-28-29-40-42(41(38)31-18-6-2-7-19-31)37-26-14-15-27-39(37)45(40)32-20-8-3-9-21-32/h1-29H. The van der Waals surface area contributed by atoms with Crippen molar-refractivity contribution in [1.82, 2.24) is 4.57 Å². The number of nitrogens with zero attached hydrogens (tertiary/aromatic N) is 1. The number of hydrogen-bond acceptors (Lipinski definition) is 1. The Morgan fingerprint density at radius 2 is 0.870 bits per heavy atom. The minimum Gasteiger partial charge on any atom is -0.455 e. The summed E-state index contributed by atoms with van der Waals surface area (Å²) in [6.07, 6.45) is 0. The summed E-state index contributed by atoms with van der Waals surface area (Å²) in [5.74, 6) is 1.77. The van der Waals surface area contributed by atoms with E-state index in [4.69, 9.17) is 4.42 Å². The van der Waals surface area contributed by atoms with Gasteiger partial charge in [-0.15, -0.1) is 0 Å². The van der Waals surface area contributed by atoms with Gasteiger partial charge in [-0.1, -0.05) is 146 Å². The van der Waals surface area contributed by atoms with E-state index in [1.165, 1.54) is 32.9 Å². The van der Waals surface area contributed by atoms with Gasteiger partial charge < -0.3 is 8.98 Å². The lowest BCUT2D eigenvalue weighted by atomic mass is 9.92. The van der Waals surface area contributed by atoms with E-state index in [0.717, 1.165) is 50.2 Å². The first kappa shape index (κ1) is 26.3. The van der Waals surface area contributed by atoms with Gasteiger partial charge >= 0.3 is 0 Å². The second kappa shape index (κ2) is 10.8. The van der Waals surface area contributed by atoms with Gasteiger partial charge in [0.15, 0.2) is 0 Å². The number of hydrogen-bond donors (Lipinski definition) is 0. The van der Waals surface area contributed by atoms with Crippen LogP contribution in [-0.2, 0) is 0 Å². The van der Waals surface area contributed by atoms with Gasteiger partial charge in [0.05, 0.1) is 11.0 Å². The molecule has 46 heavy (non-hydrogen) atoms. The first-order chi connectivity index (χ1) is 22.9. The lowest BCUT2D eigenvalue weighted by Crippen LogP contribution is -1.93. The van der Waals surface area contributed by atoms with E-state index in [-0.39, 0.29) is 0 Å². The molecule has 0 unspecified atom stereocenters. The second-order valence-electron chi connectivity index (χ2n) is 11.7. The minimum absolute atomic E-state index is 0.880. The molecule has 0 amide bonds. The highest BCUT2D eigenvalue weighted by Gasteiger charge is 2.24. The highest BCUT2D eigenvalue weighted by atomic mass is 16.3. The third-order valence-electron chi connectivity index (χ3n) is 9.04. The van der Waals surface area contributed by atoms with Gasteiger partial charge in [-0.3, -0.25) is 0 Å². The fourth-order valence-electron chi connectivity index (χ4n) is 7.05. The maximum atomic E-state index is 7.11. The molecule has 0 bridgehead atoms. The highest BCUT2D eigenvalue weighted by Crippen LogP contribution is 2.48. The summed E-state index contributed by atoms with van der Waals surface area (Å²) in [4.78, 5) is 0. The summed E-state index contributed by atoms with van der Waals surface area (Å²) >= 11 is 0. The molecule has 0 N–H and O–H groups in total. The monoisotopic (exact) mass is 587 g/mol. The zero-order valence-electron chi connectivity index (χ0n) is 25.1. The van der Waals surface area contributed by atoms with E-state index in [1.54, 1.807) is 0 Å². The second-order valence-corrected chi connectivity index (χ2v) is 11.7. The van der Waals surface area contributed by atoms with Gasteiger partial charge in [0, 0.05) is 43.9 Å². The number of para-hydroxylation sites is 2. The Balaban J connectivity index is 1.38. The van der Waals surface area contributed by atoms with Crippen LogP contribution in [0.15, 0.2) is 180 Å². The number of fused-ring (bicyclic) bond motifs is 4. The molecule has 2 heteroatoms. The first-order valence-electron chi connectivity index (χ1n) is 15.7. The topological polar surface area (TPSA) is 18.1 Å². The number of benzene rings is 7. The van der Waals surface area contributed by atoms with Crippen LogP contribution in [0.3, 0.4) is 0 Å². The van der Waals surface area contributed by atoms with Gasteiger partial charge in [-0.25, -0.2) is 0 Å². The van der Waals surface area contributed by atoms with Crippen LogP contribution in [0.1, 0.15) is 0 Å². The van der Waals surface area contributed by atoms with Crippen LogP contribution in [0.25, 0.3) is 83.2 Å². The predicted octanol–water partition coefficient (Wildman–Crippen LogP) is 12.2. The van der Waals surface area contributed by atoms with Crippen LogP contribution < -0.4 is 0 Å². The Bertz CT molecular complexity index is 2500. The lowest BCUT2D eigenvalue weighted by Gasteiger charge is -2.13. The molecule has 216 valence electrons. The van der Waals surface area contributed by atoms with Crippen LogP contribution >= 0.6 is 0 Å². The third kappa shape index (κ3) is 4.12. The van der Waals surface area contributed by atoms with Gasteiger partial charge in [-0.05, 0) is 47.0 Å². The Morgan fingerprint density at radius 3 is 1.57 bits per heavy atom. The average Bonchev–Trinajstić information content (AvgIpc) is 3.69. The Labute approximate surface area is 267 Å². The van der Waals surface area contributed by atoms with Crippen molar-refractivity contribution in [3.05, 3.63) is 176 Å². The van der Waals surface area contributed by atoms with Gasteiger partial charge in [-0.2, -0.15) is 0 Å². The predicted molar refractivity (Wildman–Crippen MR) is 192 cm³/mol. The molecule has 2 heterocycles. The molecule has 0 saturated carbocycles. The molecule has 0 spiro atoms. The molecule has 0 aliphatic heterocycles. The molecule has 2 nitrogen and oxygen atoms in total. The maximum absolute atomic E-state index is 7.11. The summed E-state index contributed by atoms with van der Waals surface area (Å²) in [5, 5.41) is 4.64. The van der Waals surface area contributed by atoms with Gasteiger partial charge in [0.1, 0.15) is 11.5 Å². The molecule has 7 aromatic carbocycles. The molecule has 9 aromatic rings. The summed E-state index contributed by atoms with van der Waals surface area (Å²) in [7, 11) is 0. The SMILES string of the molecule is c1ccc(-c2ccccc2-c2oc(-c3ccc4c(c3-c3ccccc3)c3ccccc3n4-c3ccccc3)c3ccccc23)cc1. The van der Waals surface area contributed by atoms with Crippen LogP contribution in [0.4, 0.5) is 0 Å². The Morgan fingerprint density at radius 1 is 0.348 bits per heavy atom. The molecule has 0 fully saturated rings. The van der Waals surface area contributed by atoms with Gasteiger partial charge in [0.2, 0.25) is 0 Å². The van der Waals surface area contributed by atoms with Crippen molar-refractivity contribution >= 4 is 32.6 Å². The van der Waals surface area contributed by atoms with Crippen molar-refractivity contribution < 1.29 is 4.42 Å². The minimum atomic E-state index is 0.880. The van der Waals surface area contributed by atoms with Crippen molar-refractivity contribution in [3.63, 3.8) is 0 Å². The zero-order chi connectivity index (χ0) is 30.5. The molecular formula is C44H29NO. The largest absolute Gasteiger partial charge is 0.455 e. The number of furan rings is 1. The lowest BCUT2D eigenvalue weighted by molar-refractivity contribution is 0.602. The van der Waals surface area contributed by atoms with Crippen molar-refractivity contribution in [2.24, 2.45) is 0 Å². The molecule has 2 aromatic heterocycles. The molecule has 0 saturated heterocycles. The highest BCUT2D eigenvalue weighted by molar-refractivity contribution is 6.20.